The highest BCUT2D eigenvalue weighted by atomic mass is 19.2. The van der Waals surface area contributed by atoms with Gasteiger partial charge in [0.1, 0.15) is 5.78 Å². The summed E-state index contributed by atoms with van der Waals surface area (Å²) in [5, 5.41) is 0. The lowest BCUT2D eigenvalue weighted by Gasteiger charge is -2.19. The van der Waals surface area contributed by atoms with Gasteiger partial charge in [0, 0.05) is 12.3 Å². The molecule has 0 amide bonds. The summed E-state index contributed by atoms with van der Waals surface area (Å²) in [6.07, 6.45) is 4.83. The maximum absolute atomic E-state index is 14.2. The number of halogens is 2. The molecule has 0 aliphatic heterocycles. The molecular formula is C19H28F2O. The van der Waals surface area contributed by atoms with Gasteiger partial charge in [-0.15, -0.1) is 0 Å². The lowest BCUT2D eigenvalue weighted by atomic mass is 9.87. The summed E-state index contributed by atoms with van der Waals surface area (Å²) in [6, 6.07) is 3.37. The van der Waals surface area contributed by atoms with Gasteiger partial charge in [0.05, 0.1) is 0 Å². The van der Waals surface area contributed by atoms with E-state index in [1.165, 1.54) is 0 Å². The number of ketones is 1. The molecule has 2 atom stereocenters. The molecule has 1 rings (SSSR count). The molecule has 0 bridgehead atoms. The third kappa shape index (κ3) is 4.89. The van der Waals surface area contributed by atoms with E-state index in [4.69, 9.17) is 0 Å². The van der Waals surface area contributed by atoms with Crippen LogP contribution in [0.25, 0.3) is 0 Å². The van der Waals surface area contributed by atoms with Gasteiger partial charge in [-0.1, -0.05) is 45.7 Å². The first-order valence-corrected chi connectivity index (χ1v) is 8.39. The molecule has 3 heteroatoms. The number of carbonyl (C=O) groups excluding carboxylic acids is 1. The van der Waals surface area contributed by atoms with Crippen molar-refractivity contribution in [2.45, 2.75) is 72.1 Å². The minimum atomic E-state index is -0.729. The third-order valence-electron chi connectivity index (χ3n) is 4.47. The fourth-order valence-corrected chi connectivity index (χ4v) is 2.96. The van der Waals surface area contributed by atoms with Gasteiger partial charge in [-0.2, -0.15) is 0 Å². The molecule has 0 radical (unpaired) electrons. The molecule has 0 saturated carbocycles. The minimum Gasteiger partial charge on any atom is -0.299 e. The Labute approximate surface area is 133 Å². The van der Waals surface area contributed by atoms with E-state index in [1.54, 1.807) is 19.1 Å². The van der Waals surface area contributed by atoms with E-state index in [1.807, 2.05) is 13.8 Å². The Morgan fingerprint density at radius 3 is 2.36 bits per heavy atom. The van der Waals surface area contributed by atoms with Crippen LogP contribution in [0.5, 0.6) is 0 Å². The van der Waals surface area contributed by atoms with Crippen LogP contribution in [0.4, 0.5) is 8.78 Å². The molecule has 0 N–H and O–H groups in total. The van der Waals surface area contributed by atoms with Crippen LogP contribution in [0.15, 0.2) is 12.1 Å². The third-order valence-corrected chi connectivity index (χ3v) is 4.47. The average molecular weight is 310 g/mol. The van der Waals surface area contributed by atoms with Crippen LogP contribution in [0.3, 0.4) is 0 Å². The van der Waals surface area contributed by atoms with Gasteiger partial charge < -0.3 is 0 Å². The topological polar surface area (TPSA) is 17.1 Å². The second-order valence-corrected chi connectivity index (χ2v) is 6.24. The number of carbonyl (C=O) groups is 1. The Morgan fingerprint density at radius 1 is 1.09 bits per heavy atom. The lowest BCUT2D eigenvalue weighted by molar-refractivity contribution is -0.122. The van der Waals surface area contributed by atoms with Gasteiger partial charge in [0.2, 0.25) is 0 Å². The zero-order chi connectivity index (χ0) is 16.7. The molecule has 0 aliphatic rings. The van der Waals surface area contributed by atoms with Gasteiger partial charge in [-0.3, -0.25) is 4.79 Å². The van der Waals surface area contributed by atoms with Gasteiger partial charge in [-0.05, 0) is 43.2 Å². The maximum Gasteiger partial charge on any atom is 0.162 e. The summed E-state index contributed by atoms with van der Waals surface area (Å²) >= 11 is 0. The molecule has 0 aliphatic carbocycles. The maximum atomic E-state index is 14.2. The summed E-state index contributed by atoms with van der Waals surface area (Å²) in [5.74, 6) is -1.06. The smallest absolute Gasteiger partial charge is 0.162 e. The number of Topliss-reactive ketones (excluding diaryl/α,β-unsaturated/α-hetero) is 1. The number of hydrogen-bond donors (Lipinski definition) is 0. The Balaban J connectivity index is 2.74. The van der Waals surface area contributed by atoms with Crippen molar-refractivity contribution in [1.29, 1.82) is 0 Å². The number of benzene rings is 1. The van der Waals surface area contributed by atoms with Crippen LogP contribution in [0.1, 0.15) is 76.3 Å². The molecule has 1 aromatic rings. The van der Waals surface area contributed by atoms with Gasteiger partial charge in [0.15, 0.2) is 11.6 Å². The van der Waals surface area contributed by atoms with E-state index in [0.29, 0.717) is 17.5 Å². The van der Waals surface area contributed by atoms with E-state index in [2.05, 4.69) is 6.92 Å². The van der Waals surface area contributed by atoms with Crippen LogP contribution in [-0.4, -0.2) is 5.78 Å². The second kappa shape index (κ2) is 9.02. The normalized spacial score (nSPS) is 13.9. The molecule has 0 aromatic heterocycles. The SMILES string of the molecule is CCCC(CCCC(C)C(=O)CC)c1ccc(C)c(F)c1F. The van der Waals surface area contributed by atoms with Crippen molar-refractivity contribution in [3.05, 3.63) is 34.9 Å². The minimum absolute atomic E-state index is 0.0315. The number of hydrogen-bond acceptors (Lipinski definition) is 1. The molecule has 0 spiro atoms. The first-order chi connectivity index (χ1) is 10.4. The Kier molecular flexibility index (Phi) is 7.70. The lowest BCUT2D eigenvalue weighted by Crippen LogP contribution is -2.10. The van der Waals surface area contributed by atoms with Crippen LogP contribution in [-0.2, 0) is 4.79 Å². The first kappa shape index (κ1) is 18.8. The predicted molar refractivity (Wildman–Crippen MR) is 87.1 cm³/mol. The van der Waals surface area contributed by atoms with Crippen molar-refractivity contribution in [1.82, 2.24) is 0 Å². The highest BCUT2D eigenvalue weighted by Crippen LogP contribution is 2.31. The zero-order valence-corrected chi connectivity index (χ0v) is 14.2. The standard InChI is InChI=1S/C19H28F2O/c1-5-8-15(10-7-9-13(3)17(22)6-2)16-12-11-14(4)18(20)19(16)21/h11-13,15H,5-10H2,1-4H3. The van der Waals surface area contributed by atoms with Crippen molar-refractivity contribution >= 4 is 5.78 Å². The number of rotatable bonds is 9. The van der Waals surface area contributed by atoms with E-state index in [0.717, 1.165) is 32.1 Å². The van der Waals surface area contributed by atoms with E-state index >= 15 is 0 Å². The quantitative estimate of drug-likeness (QED) is 0.551. The van der Waals surface area contributed by atoms with Crippen molar-refractivity contribution in [3.8, 4) is 0 Å². The Bertz CT molecular complexity index is 496. The van der Waals surface area contributed by atoms with Crippen LogP contribution >= 0.6 is 0 Å². The van der Waals surface area contributed by atoms with Crippen molar-refractivity contribution in [3.63, 3.8) is 0 Å². The molecule has 0 heterocycles. The van der Waals surface area contributed by atoms with Gasteiger partial charge >= 0.3 is 0 Å². The molecule has 22 heavy (non-hydrogen) atoms. The van der Waals surface area contributed by atoms with E-state index in [9.17, 15) is 13.6 Å². The van der Waals surface area contributed by atoms with Crippen molar-refractivity contribution in [2.24, 2.45) is 5.92 Å². The highest BCUT2D eigenvalue weighted by molar-refractivity contribution is 5.80. The predicted octanol–water partition coefficient (Wildman–Crippen LogP) is 5.94. The van der Waals surface area contributed by atoms with E-state index in [-0.39, 0.29) is 17.6 Å². The highest BCUT2D eigenvalue weighted by Gasteiger charge is 2.20. The number of aryl methyl sites for hydroxylation is 1. The van der Waals surface area contributed by atoms with Crippen LogP contribution < -0.4 is 0 Å². The van der Waals surface area contributed by atoms with Gasteiger partial charge in [0.25, 0.3) is 0 Å². The fraction of sp³-hybridized carbons (Fsp3) is 0.632. The summed E-state index contributed by atoms with van der Waals surface area (Å²) in [5.41, 5.74) is 0.832. The summed E-state index contributed by atoms with van der Waals surface area (Å²) in [7, 11) is 0. The zero-order valence-electron chi connectivity index (χ0n) is 14.2. The second-order valence-electron chi connectivity index (χ2n) is 6.24. The molecule has 0 fully saturated rings. The summed E-state index contributed by atoms with van der Waals surface area (Å²) in [6.45, 7) is 7.46. The average Bonchev–Trinajstić information content (AvgIpc) is 2.51. The first-order valence-electron chi connectivity index (χ1n) is 8.39. The van der Waals surface area contributed by atoms with Gasteiger partial charge in [-0.25, -0.2) is 8.78 Å². The van der Waals surface area contributed by atoms with E-state index < -0.39 is 11.6 Å². The Hall–Kier alpha value is -1.25. The molecule has 2 unspecified atom stereocenters. The summed E-state index contributed by atoms with van der Waals surface area (Å²) < 4.78 is 27.9. The molecule has 1 nitrogen and oxygen atoms in total. The van der Waals surface area contributed by atoms with Crippen LogP contribution in [0, 0.1) is 24.5 Å². The molecule has 1 aromatic carbocycles. The monoisotopic (exact) mass is 310 g/mol. The summed E-state index contributed by atoms with van der Waals surface area (Å²) in [4.78, 5) is 11.6. The van der Waals surface area contributed by atoms with Crippen molar-refractivity contribution in [2.75, 3.05) is 0 Å². The van der Waals surface area contributed by atoms with Crippen molar-refractivity contribution < 1.29 is 13.6 Å². The fourth-order valence-electron chi connectivity index (χ4n) is 2.96. The van der Waals surface area contributed by atoms with Crippen LogP contribution in [0.2, 0.25) is 0 Å². The molecule has 124 valence electrons. The largest absolute Gasteiger partial charge is 0.299 e. The Morgan fingerprint density at radius 2 is 1.77 bits per heavy atom. The molecule has 0 saturated heterocycles. The molecular weight excluding hydrogens is 282 g/mol.